The number of para-hydroxylation sites is 1. The highest BCUT2D eigenvalue weighted by atomic mass is 16.5. The molecule has 0 fully saturated rings. The molecule has 1 amide bonds. The fourth-order valence-electron chi connectivity index (χ4n) is 2.93. The summed E-state index contributed by atoms with van der Waals surface area (Å²) in [5.41, 5.74) is 1.63. The number of anilines is 1. The van der Waals surface area contributed by atoms with Gasteiger partial charge in [-0.3, -0.25) is 4.79 Å². The molecule has 0 spiro atoms. The second-order valence-electron chi connectivity index (χ2n) is 6.80. The van der Waals surface area contributed by atoms with Gasteiger partial charge in [0.05, 0.1) is 31.0 Å². The van der Waals surface area contributed by atoms with Crippen molar-refractivity contribution in [1.29, 1.82) is 0 Å². The standard InChI is InChI=1S/C25H23NO7/c1-30-22-14-18(12-13-21(22)32-15-17-8-4-3-5-9-17)24(28)33-16-23(27)26-20-11-7-6-10-19(20)25(29)31-2/h3-14H,15-16H2,1-2H3,(H,26,27). The fraction of sp³-hybridized carbons (Fsp3) is 0.160. The minimum Gasteiger partial charge on any atom is -0.493 e. The Hall–Kier alpha value is -4.33. The van der Waals surface area contributed by atoms with Crippen molar-refractivity contribution in [2.24, 2.45) is 0 Å². The normalized spacial score (nSPS) is 10.1. The average molecular weight is 449 g/mol. The molecule has 3 rings (SSSR count). The lowest BCUT2D eigenvalue weighted by atomic mass is 10.2. The first-order chi connectivity index (χ1) is 16.0. The van der Waals surface area contributed by atoms with Gasteiger partial charge in [-0.15, -0.1) is 0 Å². The minimum atomic E-state index is -0.709. The first-order valence-electron chi connectivity index (χ1n) is 10.0. The van der Waals surface area contributed by atoms with Crippen LogP contribution in [0.1, 0.15) is 26.3 Å². The monoisotopic (exact) mass is 449 g/mol. The lowest BCUT2D eigenvalue weighted by molar-refractivity contribution is -0.119. The Morgan fingerprint density at radius 3 is 2.27 bits per heavy atom. The SMILES string of the molecule is COC(=O)c1ccccc1NC(=O)COC(=O)c1ccc(OCc2ccccc2)c(OC)c1. The number of nitrogens with one attached hydrogen (secondary N) is 1. The maximum atomic E-state index is 12.4. The van der Waals surface area contributed by atoms with Gasteiger partial charge < -0.3 is 24.3 Å². The van der Waals surface area contributed by atoms with Crippen molar-refractivity contribution in [1.82, 2.24) is 0 Å². The predicted molar refractivity (Wildman–Crippen MR) is 120 cm³/mol. The molecule has 0 aromatic heterocycles. The van der Waals surface area contributed by atoms with E-state index < -0.39 is 24.5 Å². The lowest BCUT2D eigenvalue weighted by Crippen LogP contribution is -2.22. The third-order valence-corrected chi connectivity index (χ3v) is 4.58. The van der Waals surface area contributed by atoms with Crippen LogP contribution in [0.25, 0.3) is 0 Å². The smallest absolute Gasteiger partial charge is 0.339 e. The molecule has 0 aliphatic carbocycles. The van der Waals surface area contributed by atoms with Crippen molar-refractivity contribution in [3.63, 3.8) is 0 Å². The van der Waals surface area contributed by atoms with Crippen molar-refractivity contribution in [2.75, 3.05) is 26.1 Å². The molecule has 170 valence electrons. The number of esters is 2. The maximum Gasteiger partial charge on any atom is 0.339 e. The largest absolute Gasteiger partial charge is 0.493 e. The van der Waals surface area contributed by atoms with E-state index in [4.69, 9.17) is 18.9 Å². The van der Waals surface area contributed by atoms with E-state index in [1.54, 1.807) is 24.3 Å². The second kappa shape index (κ2) is 11.3. The van der Waals surface area contributed by atoms with Gasteiger partial charge in [0.25, 0.3) is 5.91 Å². The Bertz CT molecular complexity index is 1130. The number of ether oxygens (including phenoxy) is 4. The summed E-state index contributed by atoms with van der Waals surface area (Å²) in [6.07, 6.45) is 0. The quantitative estimate of drug-likeness (QED) is 0.495. The highest BCUT2D eigenvalue weighted by Gasteiger charge is 2.16. The van der Waals surface area contributed by atoms with Crippen LogP contribution in [0.3, 0.4) is 0 Å². The van der Waals surface area contributed by atoms with Gasteiger partial charge >= 0.3 is 11.9 Å². The third-order valence-electron chi connectivity index (χ3n) is 4.58. The number of carbonyl (C=O) groups is 3. The molecule has 3 aromatic carbocycles. The molecule has 8 nitrogen and oxygen atoms in total. The fourth-order valence-corrected chi connectivity index (χ4v) is 2.93. The van der Waals surface area contributed by atoms with Gasteiger partial charge in [-0.1, -0.05) is 42.5 Å². The molecular formula is C25H23NO7. The Labute approximate surface area is 191 Å². The summed E-state index contributed by atoms with van der Waals surface area (Å²) in [6, 6.07) is 20.6. The highest BCUT2D eigenvalue weighted by Crippen LogP contribution is 2.29. The molecule has 0 bridgehead atoms. The van der Waals surface area contributed by atoms with Crippen molar-refractivity contribution < 1.29 is 33.3 Å². The minimum absolute atomic E-state index is 0.190. The van der Waals surface area contributed by atoms with Gasteiger partial charge in [0.2, 0.25) is 0 Å². The first-order valence-corrected chi connectivity index (χ1v) is 10.0. The molecule has 0 saturated carbocycles. The second-order valence-corrected chi connectivity index (χ2v) is 6.80. The van der Waals surface area contributed by atoms with E-state index in [9.17, 15) is 14.4 Å². The lowest BCUT2D eigenvalue weighted by Gasteiger charge is -2.12. The van der Waals surface area contributed by atoms with Crippen LogP contribution in [-0.4, -0.2) is 38.7 Å². The van der Waals surface area contributed by atoms with E-state index in [1.165, 1.54) is 32.4 Å². The van der Waals surface area contributed by atoms with Crippen LogP contribution < -0.4 is 14.8 Å². The molecule has 0 heterocycles. The number of hydrogen-bond acceptors (Lipinski definition) is 7. The first kappa shape index (κ1) is 23.3. The number of amides is 1. The van der Waals surface area contributed by atoms with E-state index in [0.717, 1.165) is 5.56 Å². The zero-order valence-corrected chi connectivity index (χ0v) is 18.2. The number of hydrogen-bond donors (Lipinski definition) is 1. The van der Waals surface area contributed by atoms with Gasteiger partial charge in [-0.2, -0.15) is 0 Å². The van der Waals surface area contributed by atoms with Crippen LogP contribution >= 0.6 is 0 Å². The van der Waals surface area contributed by atoms with Crippen LogP contribution in [0.2, 0.25) is 0 Å². The summed E-state index contributed by atoms with van der Waals surface area (Å²) in [6.45, 7) is -0.197. The Kier molecular flexibility index (Phi) is 8.02. The van der Waals surface area contributed by atoms with Crippen LogP contribution in [0, 0.1) is 0 Å². The van der Waals surface area contributed by atoms with E-state index in [0.29, 0.717) is 18.1 Å². The zero-order chi connectivity index (χ0) is 23.6. The Morgan fingerprint density at radius 1 is 0.818 bits per heavy atom. The van der Waals surface area contributed by atoms with Gasteiger partial charge in [0.1, 0.15) is 6.61 Å². The molecular weight excluding hydrogens is 426 g/mol. The molecule has 0 aliphatic heterocycles. The van der Waals surface area contributed by atoms with E-state index >= 15 is 0 Å². The molecule has 0 radical (unpaired) electrons. The third kappa shape index (κ3) is 6.33. The molecule has 8 heteroatoms. The molecule has 0 saturated heterocycles. The summed E-state index contributed by atoms with van der Waals surface area (Å²) in [5, 5.41) is 2.53. The molecule has 0 atom stereocenters. The number of carbonyl (C=O) groups excluding carboxylic acids is 3. The summed E-state index contributed by atoms with van der Waals surface area (Å²) in [7, 11) is 2.71. The topological polar surface area (TPSA) is 100 Å². The number of methoxy groups -OCH3 is 2. The van der Waals surface area contributed by atoms with Crippen LogP contribution in [-0.2, 0) is 20.9 Å². The molecule has 0 unspecified atom stereocenters. The highest BCUT2D eigenvalue weighted by molar-refractivity contribution is 6.02. The van der Waals surface area contributed by atoms with Gasteiger partial charge in [0, 0.05) is 0 Å². The van der Waals surface area contributed by atoms with Crippen LogP contribution in [0.4, 0.5) is 5.69 Å². The van der Waals surface area contributed by atoms with Crippen LogP contribution in [0.5, 0.6) is 11.5 Å². The molecule has 3 aromatic rings. The van der Waals surface area contributed by atoms with E-state index in [2.05, 4.69) is 5.32 Å². The Balaban J connectivity index is 1.59. The number of benzene rings is 3. The molecule has 33 heavy (non-hydrogen) atoms. The number of rotatable bonds is 9. The average Bonchev–Trinajstić information content (AvgIpc) is 2.86. The summed E-state index contributed by atoms with van der Waals surface area (Å²) < 4.78 is 20.9. The van der Waals surface area contributed by atoms with Gasteiger partial charge in [-0.25, -0.2) is 9.59 Å². The van der Waals surface area contributed by atoms with Crippen molar-refractivity contribution in [3.05, 3.63) is 89.5 Å². The van der Waals surface area contributed by atoms with Gasteiger partial charge in [0.15, 0.2) is 18.1 Å². The van der Waals surface area contributed by atoms with Crippen molar-refractivity contribution in [3.8, 4) is 11.5 Å². The zero-order valence-electron chi connectivity index (χ0n) is 18.2. The van der Waals surface area contributed by atoms with E-state index in [1.807, 2.05) is 30.3 Å². The summed E-state index contributed by atoms with van der Waals surface area (Å²) >= 11 is 0. The molecule has 0 aliphatic rings. The van der Waals surface area contributed by atoms with Crippen molar-refractivity contribution >= 4 is 23.5 Å². The molecule has 1 N–H and O–H groups in total. The van der Waals surface area contributed by atoms with E-state index in [-0.39, 0.29) is 16.8 Å². The van der Waals surface area contributed by atoms with Gasteiger partial charge in [-0.05, 0) is 35.9 Å². The maximum absolute atomic E-state index is 12.4. The summed E-state index contributed by atoms with van der Waals surface area (Å²) in [4.78, 5) is 36.4. The van der Waals surface area contributed by atoms with Crippen LogP contribution in [0.15, 0.2) is 72.8 Å². The predicted octanol–water partition coefficient (Wildman–Crippen LogP) is 3.86. The van der Waals surface area contributed by atoms with Crippen molar-refractivity contribution in [2.45, 2.75) is 6.61 Å². The Morgan fingerprint density at radius 2 is 1.55 bits per heavy atom. The summed E-state index contributed by atoms with van der Waals surface area (Å²) in [5.74, 6) is -1.08.